The molecule has 5 nitrogen and oxygen atoms in total. The molecule has 1 aliphatic heterocycles. The van der Waals surface area contributed by atoms with Crippen LogP contribution in [0.4, 0.5) is 5.13 Å². The van der Waals surface area contributed by atoms with Gasteiger partial charge in [-0.1, -0.05) is 23.1 Å². The maximum atomic E-state index is 8.68. The highest BCUT2D eigenvalue weighted by Gasteiger charge is 2.15. The Hall–Kier alpha value is -0.370. The number of hydrogen-bond acceptors (Lipinski definition) is 7. The number of nitrogens with zero attached hydrogens (tertiary/aromatic N) is 2. The van der Waals surface area contributed by atoms with E-state index in [1.54, 1.807) is 0 Å². The summed E-state index contributed by atoms with van der Waals surface area (Å²) in [5.74, 6) is 0.667. The average Bonchev–Trinajstić information content (AvgIpc) is 2.95. The largest absolute Gasteiger partial charge is 0.396 e. The van der Waals surface area contributed by atoms with E-state index >= 15 is 0 Å². The van der Waals surface area contributed by atoms with E-state index in [0.717, 1.165) is 35.5 Å². The average molecular weight is 261 g/mol. The van der Waals surface area contributed by atoms with E-state index in [9.17, 15) is 0 Å². The summed E-state index contributed by atoms with van der Waals surface area (Å²) in [6, 6.07) is 0. The first kappa shape index (κ1) is 12.1. The molecule has 90 valence electrons. The second-order valence-corrected chi connectivity index (χ2v) is 5.78. The van der Waals surface area contributed by atoms with Gasteiger partial charge in [0, 0.05) is 18.9 Å². The van der Waals surface area contributed by atoms with Gasteiger partial charge < -0.3 is 15.2 Å². The van der Waals surface area contributed by atoms with E-state index in [-0.39, 0.29) is 6.61 Å². The summed E-state index contributed by atoms with van der Waals surface area (Å²) in [6.07, 6.45) is 2.59. The second kappa shape index (κ2) is 6.39. The molecule has 0 unspecified atom stereocenters. The predicted molar refractivity (Wildman–Crippen MR) is 65.2 cm³/mol. The molecule has 2 heterocycles. The Kier molecular flexibility index (Phi) is 4.83. The highest BCUT2D eigenvalue weighted by atomic mass is 32.2. The summed E-state index contributed by atoms with van der Waals surface area (Å²) >= 11 is 3.04. The van der Waals surface area contributed by atoms with Gasteiger partial charge in [0.15, 0.2) is 4.34 Å². The Balaban J connectivity index is 1.73. The minimum absolute atomic E-state index is 0.170. The number of aliphatic hydroxyl groups excluding tert-OH is 1. The van der Waals surface area contributed by atoms with Crippen molar-refractivity contribution in [2.45, 2.75) is 23.3 Å². The maximum absolute atomic E-state index is 8.68. The molecule has 0 amide bonds. The molecular formula is C9H15N3O2S2. The van der Waals surface area contributed by atoms with Crippen molar-refractivity contribution < 1.29 is 9.84 Å². The topological polar surface area (TPSA) is 67.3 Å². The standard InChI is InChI=1S/C9H15N3O2S2/c13-3-5-15-9-12-11-8(16-9)10-6-7-2-1-4-14-7/h7,13H,1-6H2,(H,10,11)/t7-/m1/s1. The summed E-state index contributed by atoms with van der Waals surface area (Å²) < 4.78 is 6.39. The molecule has 7 heteroatoms. The van der Waals surface area contributed by atoms with Crippen LogP contribution in [0.5, 0.6) is 0 Å². The fourth-order valence-electron chi connectivity index (χ4n) is 1.48. The van der Waals surface area contributed by atoms with Crippen LogP contribution in [0.25, 0.3) is 0 Å². The number of thioether (sulfide) groups is 1. The quantitative estimate of drug-likeness (QED) is 0.750. The van der Waals surface area contributed by atoms with Gasteiger partial charge in [0.1, 0.15) is 0 Å². The SMILES string of the molecule is OCCSc1nnc(NC[C@H]2CCCO2)s1. The zero-order valence-electron chi connectivity index (χ0n) is 8.89. The lowest BCUT2D eigenvalue weighted by atomic mass is 10.2. The predicted octanol–water partition coefficient (Wildman–Crippen LogP) is 1.21. The van der Waals surface area contributed by atoms with E-state index in [1.807, 2.05) is 0 Å². The summed E-state index contributed by atoms with van der Waals surface area (Å²) in [6.45, 7) is 1.85. The smallest absolute Gasteiger partial charge is 0.206 e. The molecule has 0 radical (unpaired) electrons. The fourth-order valence-corrected chi connectivity index (χ4v) is 3.05. The molecule has 0 bridgehead atoms. The van der Waals surface area contributed by atoms with E-state index in [1.165, 1.54) is 23.1 Å². The van der Waals surface area contributed by atoms with Crippen LogP contribution in [0.3, 0.4) is 0 Å². The highest BCUT2D eigenvalue weighted by Crippen LogP contribution is 2.25. The lowest BCUT2D eigenvalue weighted by molar-refractivity contribution is 0.120. The maximum Gasteiger partial charge on any atom is 0.206 e. The van der Waals surface area contributed by atoms with Crippen molar-refractivity contribution in [3.05, 3.63) is 0 Å². The Bertz CT molecular complexity index is 315. The number of hydrogen-bond donors (Lipinski definition) is 2. The van der Waals surface area contributed by atoms with Crippen LogP contribution in [0.15, 0.2) is 4.34 Å². The van der Waals surface area contributed by atoms with Crippen molar-refractivity contribution >= 4 is 28.2 Å². The lowest BCUT2D eigenvalue weighted by Gasteiger charge is -2.08. The molecule has 2 rings (SSSR count). The molecule has 1 aromatic rings. The Morgan fingerprint density at radius 2 is 2.50 bits per heavy atom. The van der Waals surface area contributed by atoms with Gasteiger partial charge in [-0.05, 0) is 12.8 Å². The van der Waals surface area contributed by atoms with E-state index in [4.69, 9.17) is 9.84 Å². The van der Waals surface area contributed by atoms with Crippen LogP contribution in [-0.4, -0.2) is 46.9 Å². The van der Waals surface area contributed by atoms with Crippen molar-refractivity contribution in [2.75, 3.05) is 30.8 Å². The molecule has 1 saturated heterocycles. The number of nitrogens with one attached hydrogen (secondary N) is 1. The lowest BCUT2D eigenvalue weighted by Crippen LogP contribution is -2.18. The molecule has 1 aliphatic rings. The number of rotatable bonds is 6. The first-order chi connectivity index (χ1) is 7.88. The number of ether oxygens (including phenoxy) is 1. The molecule has 1 atom stereocenters. The zero-order chi connectivity index (χ0) is 11.2. The summed E-state index contributed by atoms with van der Waals surface area (Å²) in [4.78, 5) is 0. The molecule has 0 aromatic carbocycles. The first-order valence-corrected chi connectivity index (χ1v) is 7.11. The van der Waals surface area contributed by atoms with E-state index in [2.05, 4.69) is 15.5 Å². The molecule has 0 aliphatic carbocycles. The zero-order valence-corrected chi connectivity index (χ0v) is 10.5. The Labute approximate surface area is 103 Å². The highest BCUT2D eigenvalue weighted by molar-refractivity contribution is 8.01. The Morgan fingerprint density at radius 3 is 3.25 bits per heavy atom. The number of aromatic nitrogens is 2. The number of anilines is 1. The molecule has 2 N–H and O–H groups in total. The van der Waals surface area contributed by atoms with Crippen molar-refractivity contribution in [1.82, 2.24) is 10.2 Å². The number of aliphatic hydroxyl groups is 1. The van der Waals surface area contributed by atoms with Gasteiger partial charge >= 0.3 is 0 Å². The van der Waals surface area contributed by atoms with Gasteiger partial charge in [-0.25, -0.2) is 0 Å². The van der Waals surface area contributed by atoms with Crippen molar-refractivity contribution in [2.24, 2.45) is 0 Å². The van der Waals surface area contributed by atoms with Crippen LogP contribution >= 0.6 is 23.1 Å². The summed E-state index contributed by atoms with van der Waals surface area (Å²) in [5, 5.41) is 20.8. The van der Waals surface area contributed by atoms with Crippen LogP contribution in [-0.2, 0) is 4.74 Å². The van der Waals surface area contributed by atoms with Gasteiger partial charge in [0.2, 0.25) is 5.13 Å². The molecule has 1 fully saturated rings. The van der Waals surface area contributed by atoms with Crippen LogP contribution < -0.4 is 5.32 Å². The van der Waals surface area contributed by atoms with Gasteiger partial charge in [0.05, 0.1) is 12.7 Å². The monoisotopic (exact) mass is 261 g/mol. The van der Waals surface area contributed by atoms with Crippen LogP contribution in [0.2, 0.25) is 0 Å². The summed E-state index contributed by atoms with van der Waals surface area (Å²) in [7, 11) is 0. The Morgan fingerprint density at radius 1 is 1.56 bits per heavy atom. The van der Waals surface area contributed by atoms with Gasteiger partial charge in [-0.2, -0.15) is 0 Å². The van der Waals surface area contributed by atoms with Crippen molar-refractivity contribution in [1.29, 1.82) is 0 Å². The second-order valence-electron chi connectivity index (χ2n) is 3.46. The third-order valence-corrected chi connectivity index (χ3v) is 4.22. The van der Waals surface area contributed by atoms with Crippen LogP contribution in [0, 0.1) is 0 Å². The molecule has 0 spiro atoms. The normalized spacial score (nSPS) is 20.2. The minimum atomic E-state index is 0.170. The van der Waals surface area contributed by atoms with E-state index < -0.39 is 0 Å². The molecule has 16 heavy (non-hydrogen) atoms. The molecule has 1 aromatic heterocycles. The van der Waals surface area contributed by atoms with Gasteiger partial charge in [-0.15, -0.1) is 10.2 Å². The molecule has 0 saturated carbocycles. The van der Waals surface area contributed by atoms with Crippen LogP contribution in [0.1, 0.15) is 12.8 Å². The third-order valence-electron chi connectivity index (χ3n) is 2.23. The fraction of sp³-hybridized carbons (Fsp3) is 0.778. The minimum Gasteiger partial charge on any atom is -0.396 e. The van der Waals surface area contributed by atoms with Gasteiger partial charge in [-0.3, -0.25) is 0 Å². The van der Waals surface area contributed by atoms with Crippen molar-refractivity contribution in [3.63, 3.8) is 0 Å². The van der Waals surface area contributed by atoms with E-state index in [0.29, 0.717) is 11.9 Å². The third kappa shape index (κ3) is 3.58. The summed E-state index contributed by atoms with van der Waals surface area (Å²) in [5.41, 5.74) is 0. The van der Waals surface area contributed by atoms with Crippen molar-refractivity contribution in [3.8, 4) is 0 Å². The first-order valence-electron chi connectivity index (χ1n) is 5.31. The van der Waals surface area contributed by atoms with Gasteiger partial charge in [0.25, 0.3) is 0 Å². The molecular weight excluding hydrogens is 246 g/mol.